The topological polar surface area (TPSA) is 0 Å². The van der Waals surface area contributed by atoms with Crippen molar-refractivity contribution in [3.63, 3.8) is 0 Å². The van der Waals surface area contributed by atoms with E-state index < -0.39 is 0 Å². The molecule has 0 amide bonds. The van der Waals surface area contributed by atoms with Crippen LogP contribution in [0.2, 0.25) is 0 Å². The van der Waals surface area contributed by atoms with E-state index in [1.54, 1.807) is 0 Å². The van der Waals surface area contributed by atoms with Gasteiger partial charge in [0.1, 0.15) is 0 Å². The van der Waals surface area contributed by atoms with Crippen molar-refractivity contribution in [2.24, 2.45) is 0 Å². The molecule has 0 aliphatic rings. The normalized spacial score (nSPS) is 12.7. The fourth-order valence-corrected chi connectivity index (χ4v) is 6.97. The van der Waals surface area contributed by atoms with E-state index in [2.05, 4.69) is 130 Å². The standard InChI is InChI=1S/C30H14I2/c31-15-7-9-17-23(11-15)19-3-1-5-21-25-13-28-18-10-8-16(32)12-24(18)20-4-2-6-22(30(20)28)26(25)14-27(17)29(19)21/h1-14H. The van der Waals surface area contributed by atoms with Gasteiger partial charge in [0.25, 0.3) is 0 Å². The zero-order valence-corrected chi connectivity index (χ0v) is 21.2. The van der Waals surface area contributed by atoms with E-state index in [4.69, 9.17) is 0 Å². The number of hydrogen-bond donors (Lipinski definition) is 0. The average Bonchev–Trinajstić information content (AvgIpc) is 3.29. The first-order valence-electron chi connectivity index (χ1n) is 10.7. The maximum atomic E-state index is 2.45. The summed E-state index contributed by atoms with van der Waals surface area (Å²) >= 11 is 4.85. The lowest BCUT2D eigenvalue weighted by Gasteiger charge is -2.10. The van der Waals surface area contributed by atoms with Crippen LogP contribution in [-0.2, 0) is 0 Å². The van der Waals surface area contributed by atoms with Gasteiger partial charge in [-0.15, -0.1) is 0 Å². The molecule has 0 heterocycles. The fraction of sp³-hybridized carbons (Fsp3) is 0. The van der Waals surface area contributed by atoms with Gasteiger partial charge >= 0.3 is 0 Å². The van der Waals surface area contributed by atoms with Crippen LogP contribution in [-0.4, -0.2) is 0 Å². The zero-order valence-electron chi connectivity index (χ0n) is 16.8. The van der Waals surface area contributed by atoms with Crippen LogP contribution >= 0.6 is 45.2 Å². The quantitative estimate of drug-likeness (QED) is 0.116. The summed E-state index contributed by atoms with van der Waals surface area (Å²) in [4.78, 5) is 0. The maximum absolute atomic E-state index is 2.45. The van der Waals surface area contributed by atoms with Crippen LogP contribution in [0.4, 0.5) is 0 Å². The minimum Gasteiger partial charge on any atom is -0.0610 e. The highest BCUT2D eigenvalue weighted by atomic mass is 127. The van der Waals surface area contributed by atoms with E-state index in [1.807, 2.05) is 0 Å². The van der Waals surface area contributed by atoms with Gasteiger partial charge in [-0.25, -0.2) is 0 Å². The minimum absolute atomic E-state index is 1.29. The Hall–Kier alpha value is -2.44. The molecule has 0 fully saturated rings. The molecule has 0 radical (unpaired) electrons. The average molecular weight is 628 g/mol. The van der Waals surface area contributed by atoms with E-state index in [1.165, 1.54) is 82.5 Å². The monoisotopic (exact) mass is 628 g/mol. The Bertz CT molecular complexity index is 1900. The lowest BCUT2D eigenvalue weighted by Crippen LogP contribution is -1.82. The number of halogens is 2. The lowest BCUT2D eigenvalue weighted by molar-refractivity contribution is 1.76. The summed E-state index contributed by atoms with van der Waals surface area (Å²) in [6.07, 6.45) is 0. The van der Waals surface area contributed by atoms with Crippen molar-refractivity contribution in [2.45, 2.75) is 0 Å². The second-order valence-electron chi connectivity index (χ2n) is 8.78. The Morgan fingerprint density at radius 3 is 1.09 bits per heavy atom. The van der Waals surface area contributed by atoms with E-state index >= 15 is 0 Å². The van der Waals surface area contributed by atoms with Crippen molar-refractivity contribution in [3.8, 4) is 0 Å². The van der Waals surface area contributed by atoms with E-state index in [9.17, 15) is 0 Å². The second-order valence-corrected chi connectivity index (χ2v) is 11.3. The molecule has 0 aliphatic carbocycles. The van der Waals surface area contributed by atoms with Gasteiger partial charge < -0.3 is 0 Å². The summed E-state index contributed by atoms with van der Waals surface area (Å²) in [5.41, 5.74) is 0. The first-order valence-corrected chi connectivity index (χ1v) is 12.9. The van der Waals surface area contributed by atoms with Crippen LogP contribution < -0.4 is 0 Å². The van der Waals surface area contributed by atoms with Crippen LogP contribution in [0.3, 0.4) is 0 Å². The Morgan fingerprint density at radius 1 is 0.312 bits per heavy atom. The fourth-order valence-electron chi connectivity index (χ4n) is 5.99. The molecule has 8 rings (SSSR count). The van der Waals surface area contributed by atoms with Gasteiger partial charge in [0.05, 0.1) is 0 Å². The SMILES string of the molecule is Ic1ccc2c(c1)c1cccc3c4cc5c6ccc(I)cc6c6cccc(c4cc2c13)c65. The third kappa shape index (κ3) is 2.13. The van der Waals surface area contributed by atoms with Gasteiger partial charge in [0.15, 0.2) is 0 Å². The molecule has 0 unspecified atom stereocenters. The number of rotatable bonds is 0. The second kappa shape index (κ2) is 6.12. The van der Waals surface area contributed by atoms with Crippen molar-refractivity contribution < 1.29 is 0 Å². The van der Waals surface area contributed by atoms with Gasteiger partial charge in [-0.2, -0.15) is 0 Å². The summed E-state index contributed by atoms with van der Waals surface area (Å²) in [7, 11) is 0. The number of fused-ring (bicyclic) bond motifs is 9. The van der Waals surface area contributed by atoms with E-state index in [-0.39, 0.29) is 0 Å². The molecule has 0 saturated heterocycles. The lowest BCUT2D eigenvalue weighted by atomic mass is 9.93. The third-order valence-corrected chi connectivity index (χ3v) is 8.58. The van der Waals surface area contributed by atoms with Crippen LogP contribution in [0.15, 0.2) is 84.9 Å². The molecule has 0 bridgehead atoms. The molecule has 0 atom stereocenters. The predicted octanol–water partition coefficient (Wildman–Crippen LogP) is 9.84. The highest BCUT2D eigenvalue weighted by molar-refractivity contribution is 14.1. The Labute approximate surface area is 211 Å². The molecule has 0 N–H and O–H groups in total. The highest BCUT2D eigenvalue weighted by Crippen LogP contribution is 2.47. The molecule has 2 heteroatoms. The molecule has 8 aromatic rings. The summed E-state index contributed by atoms with van der Waals surface area (Å²) < 4.78 is 2.57. The minimum atomic E-state index is 1.29. The largest absolute Gasteiger partial charge is 0.0610 e. The molecule has 0 nitrogen and oxygen atoms in total. The van der Waals surface area contributed by atoms with Crippen LogP contribution in [0.1, 0.15) is 0 Å². The Balaban J connectivity index is 1.72. The van der Waals surface area contributed by atoms with Crippen molar-refractivity contribution in [3.05, 3.63) is 92.1 Å². The van der Waals surface area contributed by atoms with Gasteiger partial charge in [-0.3, -0.25) is 0 Å². The van der Waals surface area contributed by atoms with Gasteiger partial charge in [-0.05, 0) is 157 Å². The molecule has 32 heavy (non-hydrogen) atoms. The summed E-state index contributed by atoms with van der Waals surface area (Å²) in [6.45, 7) is 0. The van der Waals surface area contributed by atoms with E-state index in [0.717, 1.165) is 0 Å². The van der Waals surface area contributed by atoms with Gasteiger partial charge in [0.2, 0.25) is 0 Å². The molecular weight excluding hydrogens is 614 g/mol. The van der Waals surface area contributed by atoms with Gasteiger partial charge in [0, 0.05) is 7.14 Å². The van der Waals surface area contributed by atoms with Crippen LogP contribution in [0.5, 0.6) is 0 Å². The summed E-state index contributed by atoms with van der Waals surface area (Å²) in [5.74, 6) is 0. The first-order chi connectivity index (χ1) is 15.7. The zero-order chi connectivity index (χ0) is 21.1. The first kappa shape index (κ1) is 18.0. The number of benzene rings is 6. The smallest absolute Gasteiger partial charge is 0.0136 e. The maximum Gasteiger partial charge on any atom is 0.0136 e. The summed E-state index contributed by atoms with van der Waals surface area (Å²) in [5, 5.41) is 19.2. The highest BCUT2D eigenvalue weighted by Gasteiger charge is 2.19. The molecule has 0 spiro atoms. The van der Waals surface area contributed by atoms with Crippen molar-refractivity contribution in [1.82, 2.24) is 0 Å². The number of hydrogen-bond acceptors (Lipinski definition) is 0. The third-order valence-electron chi connectivity index (χ3n) is 7.24. The molecular formula is C30H14I2. The molecule has 0 saturated carbocycles. The molecule has 148 valence electrons. The van der Waals surface area contributed by atoms with Gasteiger partial charge in [-0.1, -0.05) is 48.5 Å². The van der Waals surface area contributed by atoms with Crippen LogP contribution in [0, 0.1) is 7.14 Å². The molecule has 0 aromatic heterocycles. The molecule has 8 aromatic carbocycles. The predicted molar refractivity (Wildman–Crippen MR) is 157 cm³/mol. The van der Waals surface area contributed by atoms with E-state index in [0.29, 0.717) is 0 Å². The van der Waals surface area contributed by atoms with Crippen molar-refractivity contribution >= 4 is 121 Å². The Morgan fingerprint density at radius 2 is 0.688 bits per heavy atom. The van der Waals surface area contributed by atoms with Crippen LogP contribution in [0.25, 0.3) is 75.4 Å². The van der Waals surface area contributed by atoms with Crippen molar-refractivity contribution in [2.75, 3.05) is 0 Å². The molecule has 0 aliphatic heterocycles. The summed E-state index contributed by atoms with van der Waals surface area (Å²) in [6, 6.07) is 32.3. The Kier molecular flexibility index (Phi) is 3.45. The van der Waals surface area contributed by atoms with Crippen molar-refractivity contribution in [1.29, 1.82) is 0 Å².